The first kappa shape index (κ1) is 17.9. The fraction of sp³-hybridized carbons (Fsp3) is 0.0833. The van der Waals surface area contributed by atoms with Gasteiger partial charge in [0.15, 0.2) is 17.9 Å². The average Bonchev–Trinajstić information content (AvgIpc) is 2.54. The molecule has 0 saturated carbocycles. The van der Waals surface area contributed by atoms with Gasteiger partial charge in [0, 0.05) is 66.9 Å². The second-order valence-corrected chi connectivity index (χ2v) is 6.44. The molecule has 2 aromatic rings. The molecule has 0 fully saturated rings. The third-order valence-corrected chi connectivity index (χ3v) is 4.00. The number of carbonyl (C=O) groups is 1. The number of hydrogen-bond donors (Lipinski definition) is 0. The van der Waals surface area contributed by atoms with Crippen molar-refractivity contribution in [1.82, 2.24) is 9.97 Å². The molecule has 10 heteroatoms. The molecule has 0 amide bonds. The van der Waals surface area contributed by atoms with Crippen molar-refractivity contribution >= 4 is 67.1 Å². The molecule has 2 rings (SSSR count). The van der Waals surface area contributed by atoms with Crippen LogP contribution in [0.3, 0.4) is 0 Å². The first-order valence-corrected chi connectivity index (χ1v) is 12.3. The lowest BCUT2D eigenvalue weighted by Gasteiger charge is -2.12. The summed E-state index contributed by atoms with van der Waals surface area (Å²) in [6, 6.07) is 4.98. The van der Waals surface area contributed by atoms with E-state index in [9.17, 15) is 4.79 Å². The number of nitrogens with zero attached hydrogens (tertiary/aromatic N) is 2. The highest BCUT2D eigenvalue weighted by molar-refractivity contribution is 14.2. The Bertz CT molecular complexity index is 634. The molecule has 0 saturated heterocycles. The molecule has 0 unspecified atom stereocenters. The van der Waals surface area contributed by atoms with Gasteiger partial charge >= 0.3 is 0 Å². The summed E-state index contributed by atoms with van der Waals surface area (Å²) in [5, 5.41) is 0. The molecule has 0 atom stereocenters. The fourth-order valence-electron chi connectivity index (χ4n) is 1.55. The highest BCUT2D eigenvalue weighted by Crippen LogP contribution is 2.37. The van der Waals surface area contributed by atoms with E-state index in [2.05, 4.69) is 9.97 Å². The van der Waals surface area contributed by atoms with Gasteiger partial charge in [0.1, 0.15) is 42.1 Å². The SMILES string of the molecule is O=Cc1c(OCc2ncccn2)cc(OSI)cc1OSI. The van der Waals surface area contributed by atoms with Crippen molar-refractivity contribution in [3.8, 4) is 17.2 Å². The van der Waals surface area contributed by atoms with Crippen LogP contribution < -0.4 is 13.1 Å². The summed E-state index contributed by atoms with van der Waals surface area (Å²) < 4.78 is 16.4. The molecule has 22 heavy (non-hydrogen) atoms. The van der Waals surface area contributed by atoms with Gasteiger partial charge in [0.25, 0.3) is 0 Å². The van der Waals surface area contributed by atoms with Crippen LogP contribution in [0, 0.1) is 0 Å². The van der Waals surface area contributed by atoms with E-state index in [-0.39, 0.29) is 6.61 Å². The number of ether oxygens (including phenoxy) is 1. The van der Waals surface area contributed by atoms with Crippen molar-refractivity contribution in [2.24, 2.45) is 0 Å². The molecule has 0 aliphatic heterocycles. The van der Waals surface area contributed by atoms with Gasteiger partial charge in [-0.1, -0.05) is 0 Å². The van der Waals surface area contributed by atoms with Crippen molar-refractivity contribution in [3.05, 3.63) is 42.0 Å². The maximum absolute atomic E-state index is 11.4. The Kier molecular flexibility index (Phi) is 7.82. The van der Waals surface area contributed by atoms with Crippen LogP contribution in [0.25, 0.3) is 0 Å². The normalized spacial score (nSPS) is 10.1. The maximum Gasteiger partial charge on any atom is 0.166 e. The summed E-state index contributed by atoms with van der Waals surface area (Å²) in [6.45, 7) is 0.138. The molecule has 0 aliphatic rings. The predicted molar refractivity (Wildman–Crippen MR) is 103 cm³/mol. The monoisotopic (exact) mass is 562 g/mol. The topological polar surface area (TPSA) is 70.5 Å². The molecule has 0 bridgehead atoms. The number of aldehydes is 1. The Balaban J connectivity index is 2.28. The lowest BCUT2D eigenvalue weighted by atomic mass is 10.2. The zero-order valence-electron chi connectivity index (χ0n) is 10.8. The van der Waals surface area contributed by atoms with Gasteiger partial charge in [-0.2, -0.15) is 0 Å². The zero-order chi connectivity index (χ0) is 15.8. The second-order valence-electron chi connectivity index (χ2n) is 3.70. The molecule has 6 nitrogen and oxygen atoms in total. The highest BCUT2D eigenvalue weighted by atomic mass is 127. The number of hydrogen-bond acceptors (Lipinski definition) is 8. The van der Waals surface area contributed by atoms with E-state index in [0.717, 1.165) is 18.4 Å². The molecule has 0 spiro atoms. The summed E-state index contributed by atoms with van der Waals surface area (Å²) in [6.07, 6.45) is 3.93. The lowest BCUT2D eigenvalue weighted by Crippen LogP contribution is -2.03. The van der Waals surface area contributed by atoms with Crippen molar-refractivity contribution < 1.29 is 17.9 Å². The Morgan fingerprint density at radius 3 is 2.41 bits per heavy atom. The van der Waals surface area contributed by atoms with Gasteiger partial charge in [-0.25, -0.2) is 9.97 Å². The van der Waals surface area contributed by atoms with Crippen LogP contribution in [-0.4, -0.2) is 16.3 Å². The van der Waals surface area contributed by atoms with Crippen LogP contribution in [0.15, 0.2) is 30.6 Å². The van der Waals surface area contributed by atoms with Crippen LogP contribution in [0.1, 0.15) is 16.2 Å². The number of aromatic nitrogens is 2. The summed E-state index contributed by atoms with van der Waals surface area (Å²) in [5.41, 5.74) is 0.311. The van der Waals surface area contributed by atoms with Gasteiger partial charge in [-0.15, -0.1) is 0 Å². The van der Waals surface area contributed by atoms with Crippen LogP contribution in [-0.2, 0) is 6.61 Å². The minimum absolute atomic E-state index is 0.138. The molecular weight excluding hydrogens is 554 g/mol. The van der Waals surface area contributed by atoms with Crippen molar-refractivity contribution in [1.29, 1.82) is 0 Å². The van der Waals surface area contributed by atoms with Gasteiger partial charge in [-0.05, 0) is 6.07 Å². The van der Waals surface area contributed by atoms with Gasteiger partial charge in [-0.3, -0.25) is 4.79 Å². The van der Waals surface area contributed by atoms with Gasteiger partial charge < -0.3 is 13.1 Å². The third kappa shape index (κ3) is 5.03. The van der Waals surface area contributed by atoms with Gasteiger partial charge in [0.2, 0.25) is 0 Å². The number of halogens is 2. The van der Waals surface area contributed by atoms with E-state index in [0.29, 0.717) is 34.9 Å². The minimum Gasteiger partial charge on any atom is -0.485 e. The molecule has 0 radical (unpaired) electrons. The Morgan fingerprint density at radius 1 is 1.09 bits per heavy atom. The molecular formula is C12H8I2N2O4S2. The van der Waals surface area contributed by atoms with E-state index in [1.54, 1.807) is 30.6 Å². The van der Waals surface area contributed by atoms with Crippen LogP contribution in [0.2, 0.25) is 0 Å². The average molecular weight is 562 g/mol. The molecule has 1 aromatic carbocycles. The molecule has 116 valence electrons. The number of benzene rings is 1. The van der Waals surface area contributed by atoms with Crippen molar-refractivity contribution in [3.63, 3.8) is 0 Å². The van der Waals surface area contributed by atoms with Gasteiger partial charge in [0.05, 0.1) is 0 Å². The minimum atomic E-state index is 0.138. The summed E-state index contributed by atoms with van der Waals surface area (Å²) in [7, 11) is 2.26. The van der Waals surface area contributed by atoms with Crippen LogP contribution in [0.4, 0.5) is 0 Å². The lowest BCUT2D eigenvalue weighted by molar-refractivity contribution is 0.111. The Labute approximate surface area is 159 Å². The molecule has 0 aliphatic carbocycles. The highest BCUT2D eigenvalue weighted by Gasteiger charge is 2.15. The number of rotatable bonds is 8. The first-order chi connectivity index (χ1) is 10.8. The third-order valence-electron chi connectivity index (χ3n) is 2.42. The summed E-state index contributed by atoms with van der Waals surface area (Å²) in [4.78, 5) is 19.5. The van der Waals surface area contributed by atoms with E-state index in [4.69, 9.17) is 13.1 Å². The molecule has 1 heterocycles. The maximum atomic E-state index is 11.4. The smallest absolute Gasteiger partial charge is 0.166 e. The Morgan fingerprint density at radius 2 is 1.77 bits per heavy atom. The predicted octanol–water partition coefficient (Wildman–Crippen LogP) is 4.62. The van der Waals surface area contributed by atoms with Crippen molar-refractivity contribution in [2.45, 2.75) is 6.61 Å². The van der Waals surface area contributed by atoms with E-state index < -0.39 is 0 Å². The quantitative estimate of drug-likeness (QED) is 0.263. The molecule has 1 aromatic heterocycles. The van der Waals surface area contributed by atoms with E-state index in [1.165, 1.54) is 0 Å². The summed E-state index contributed by atoms with van der Waals surface area (Å²) in [5.74, 6) is 1.77. The second kappa shape index (κ2) is 9.62. The molecule has 0 N–H and O–H groups in total. The van der Waals surface area contributed by atoms with Crippen LogP contribution in [0.5, 0.6) is 17.2 Å². The standard InChI is InChI=1S/C12H8I2N2O4S2/c13-21-19-8-4-10(9(6-17)11(5-8)20-22-14)18-7-12-15-2-1-3-16-12/h1-6H,7H2. The fourth-order valence-corrected chi connectivity index (χ4v) is 3.13. The zero-order valence-corrected chi connectivity index (χ0v) is 16.7. The van der Waals surface area contributed by atoms with E-state index in [1.807, 2.05) is 42.4 Å². The number of carbonyl (C=O) groups excluding carboxylic acids is 1. The first-order valence-electron chi connectivity index (χ1n) is 5.71. The largest absolute Gasteiger partial charge is 0.485 e. The van der Waals surface area contributed by atoms with E-state index >= 15 is 0 Å². The van der Waals surface area contributed by atoms with Crippen LogP contribution >= 0.6 is 60.8 Å². The Hall–Kier alpha value is -0.470. The van der Waals surface area contributed by atoms with Crippen molar-refractivity contribution in [2.75, 3.05) is 0 Å². The summed E-state index contributed by atoms with van der Waals surface area (Å²) >= 11 is 3.97.